The first-order chi connectivity index (χ1) is 9.92. The number of ether oxygens (including phenoxy) is 1. The highest BCUT2D eigenvalue weighted by Crippen LogP contribution is 2.21. The number of rotatable bonds is 8. The lowest BCUT2D eigenvalue weighted by molar-refractivity contribution is -0.00921. The van der Waals surface area contributed by atoms with Crippen molar-refractivity contribution in [3.63, 3.8) is 0 Å². The predicted octanol–water partition coefficient (Wildman–Crippen LogP) is 4.11. The van der Waals surface area contributed by atoms with E-state index in [1.807, 2.05) is 0 Å². The third kappa shape index (κ3) is 7.10. The molecule has 21 heavy (non-hydrogen) atoms. The van der Waals surface area contributed by atoms with Crippen LogP contribution in [0.25, 0.3) is 0 Å². The smallest absolute Gasteiger partial charge is 0.0598 e. The van der Waals surface area contributed by atoms with Crippen LogP contribution in [0.3, 0.4) is 0 Å². The van der Waals surface area contributed by atoms with Crippen LogP contribution in [0.15, 0.2) is 24.3 Å². The largest absolute Gasteiger partial charge is 0.376 e. The summed E-state index contributed by atoms with van der Waals surface area (Å²) in [4.78, 5) is 0. The lowest BCUT2D eigenvalue weighted by Gasteiger charge is -2.23. The fraction of sp³-hybridized carbons (Fsp3) is 0.684. The summed E-state index contributed by atoms with van der Waals surface area (Å²) in [5.41, 5.74) is 2.78. The molecule has 1 aromatic rings. The van der Waals surface area contributed by atoms with Gasteiger partial charge in [0.1, 0.15) is 0 Å². The van der Waals surface area contributed by atoms with E-state index in [1.54, 1.807) is 0 Å². The molecule has 1 aliphatic carbocycles. The van der Waals surface area contributed by atoms with E-state index in [4.69, 9.17) is 4.74 Å². The molecule has 2 heteroatoms. The Balaban J connectivity index is 1.84. The zero-order chi connectivity index (χ0) is 15.3. The quantitative estimate of drug-likeness (QED) is 0.777. The Morgan fingerprint density at radius 3 is 2.67 bits per heavy atom. The lowest BCUT2D eigenvalue weighted by Crippen LogP contribution is -2.28. The molecular formula is C19H31NO. The van der Waals surface area contributed by atoms with Crippen molar-refractivity contribution in [1.82, 2.24) is 5.32 Å². The maximum absolute atomic E-state index is 5.92. The van der Waals surface area contributed by atoms with Crippen LogP contribution in [0, 0.1) is 12.8 Å². The Labute approximate surface area is 130 Å². The molecule has 0 bridgehead atoms. The topological polar surface area (TPSA) is 21.3 Å². The van der Waals surface area contributed by atoms with Crippen LogP contribution in [0.2, 0.25) is 0 Å². The van der Waals surface area contributed by atoms with Gasteiger partial charge in [-0.05, 0) is 71.4 Å². The highest BCUT2D eigenvalue weighted by atomic mass is 16.5. The van der Waals surface area contributed by atoms with Crippen molar-refractivity contribution in [3.8, 4) is 0 Å². The van der Waals surface area contributed by atoms with E-state index >= 15 is 0 Å². The number of nitrogens with one attached hydrogen (secondary N) is 1. The second-order valence-electron chi connectivity index (χ2n) is 7.49. The van der Waals surface area contributed by atoms with Crippen molar-refractivity contribution in [1.29, 1.82) is 0 Å². The standard InChI is InChI=1S/C19H31NO/c1-15-6-5-7-16(12-15)13-17(14-20-18-8-9-18)10-11-21-19(2,3)4/h5-7,12,17-18,20H,8-11,13-14H2,1-4H3. The van der Waals surface area contributed by atoms with Crippen molar-refractivity contribution in [2.45, 2.75) is 65.0 Å². The molecule has 0 heterocycles. The van der Waals surface area contributed by atoms with Crippen LogP contribution in [0.4, 0.5) is 0 Å². The predicted molar refractivity (Wildman–Crippen MR) is 89.7 cm³/mol. The van der Waals surface area contributed by atoms with Crippen molar-refractivity contribution in [2.75, 3.05) is 13.2 Å². The second kappa shape index (κ2) is 7.42. The van der Waals surface area contributed by atoms with Crippen LogP contribution < -0.4 is 5.32 Å². The molecule has 1 aliphatic rings. The molecule has 118 valence electrons. The van der Waals surface area contributed by atoms with Gasteiger partial charge in [0.25, 0.3) is 0 Å². The number of aryl methyl sites for hydroxylation is 1. The van der Waals surface area contributed by atoms with Crippen molar-refractivity contribution < 1.29 is 4.74 Å². The molecule has 2 rings (SSSR count). The summed E-state index contributed by atoms with van der Waals surface area (Å²) in [5.74, 6) is 0.662. The van der Waals surface area contributed by atoms with Crippen LogP contribution in [0.5, 0.6) is 0 Å². The van der Waals surface area contributed by atoms with Crippen LogP contribution in [-0.4, -0.2) is 24.8 Å². The Morgan fingerprint density at radius 2 is 2.05 bits per heavy atom. The summed E-state index contributed by atoms with van der Waals surface area (Å²) in [5, 5.41) is 3.68. The molecule has 1 saturated carbocycles. The first-order valence-corrected chi connectivity index (χ1v) is 8.35. The lowest BCUT2D eigenvalue weighted by atomic mass is 9.95. The Bertz CT molecular complexity index is 431. The van der Waals surface area contributed by atoms with Crippen molar-refractivity contribution in [3.05, 3.63) is 35.4 Å². The molecule has 1 atom stereocenters. The molecule has 0 spiro atoms. The highest BCUT2D eigenvalue weighted by molar-refractivity contribution is 5.22. The number of hydrogen-bond donors (Lipinski definition) is 1. The molecule has 1 unspecified atom stereocenters. The Kier molecular flexibility index (Phi) is 5.83. The molecular weight excluding hydrogens is 258 g/mol. The van der Waals surface area contributed by atoms with Gasteiger partial charge in [0, 0.05) is 12.6 Å². The first-order valence-electron chi connectivity index (χ1n) is 8.35. The summed E-state index contributed by atoms with van der Waals surface area (Å²) < 4.78 is 5.92. The molecule has 0 amide bonds. The van der Waals surface area contributed by atoms with Gasteiger partial charge in [0.15, 0.2) is 0 Å². The zero-order valence-corrected chi connectivity index (χ0v) is 14.1. The maximum Gasteiger partial charge on any atom is 0.0598 e. The fourth-order valence-electron chi connectivity index (χ4n) is 2.60. The van der Waals surface area contributed by atoms with Gasteiger partial charge < -0.3 is 10.1 Å². The average Bonchev–Trinajstić information content (AvgIpc) is 3.18. The minimum Gasteiger partial charge on any atom is -0.376 e. The van der Waals surface area contributed by atoms with Gasteiger partial charge in [0.2, 0.25) is 0 Å². The summed E-state index contributed by atoms with van der Waals surface area (Å²) in [6, 6.07) is 9.69. The van der Waals surface area contributed by atoms with Gasteiger partial charge in [-0.25, -0.2) is 0 Å². The summed E-state index contributed by atoms with van der Waals surface area (Å²) in [7, 11) is 0. The molecule has 0 saturated heterocycles. The zero-order valence-electron chi connectivity index (χ0n) is 14.1. The van der Waals surface area contributed by atoms with Gasteiger partial charge >= 0.3 is 0 Å². The van der Waals surface area contributed by atoms with Crippen LogP contribution in [0.1, 0.15) is 51.2 Å². The fourth-order valence-corrected chi connectivity index (χ4v) is 2.60. The van der Waals surface area contributed by atoms with E-state index in [-0.39, 0.29) is 5.60 Å². The highest BCUT2D eigenvalue weighted by Gasteiger charge is 2.22. The van der Waals surface area contributed by atoms with Crippen molar-refractivity contribution >= 4 is 0 Å². The van der Waals surface area contributed by atoms with Crippen LogP contribution in [-0.2, 0) is 11.2 Å². The van der Waals surface area contributed by atoms with Gasteiger partial charge in [0.05, 0.1) is 5.60 Å². The SMILES string of the molecule is Cc1cccc(CC(CCOC(C)(C)C)CNC2CC2)c1. The van der Waals surface area contributed by atoms with E-state index in [2.05, 4.69) is 57.3 Å². The number of hydrogen-bond acceptors (Lipinski definition) is 2. The third-order valence-electron chi connectivity index (χ3n) is 3.94. The maximum atomic E-state index is 5.92. The molecule has 1 N–H and O–H groups in total. The first kappa shape index (κ1) is 16.5. The molecule has 1 fully saturated rings. The van der Waals surface area contributed by atoms with Crippen molar-refractivity contribution in [2.24, 2.45) is 5.92 Å². The summed E-state index contributed by atoms with van der Waals surface area (Å²) in [6.07, 6.45) is 4.99. The normalized spacial score (nSPS) is 17.0. The van der Waals surface area contributed by atoms with E-state index in [1.165, 1.54) is 24.0 Å². The van der Waals surface area contributed by atoms with E-state index in [0.717, 1.165) is 32.0 Å². The van der Waals surface area contributed by atoms with Gasteiger partial charge in [-0.3, -0.25) is 0 Å². The Morgan fingerprint density at radius 1 is 1.29 bits per heavy atom. The molecule has 0 radical (unpaired) electrons. The monoisotopic (exact) mass is 289 g/mol. The average molecular weight is 289 g/mol. The second-order valence-corrected chi connectivity index (χ2v) is 7.49. The number of benzene rings is 1. The molecule has 1 aromatic carbocycles. The van der Waals surface area contributed by atoms with Crippen LogP contribution >= 0.6 is 0 Å². The van der Waals surface area contributed by atoms with Gasteiger partial charge in [-0.2, -0.15) is 0 Å². The van der Waals surface area contributed by atoms with Gasteiger partial charge in [-0.1, -0.05) is 29.8 Å². The minimum absolute atomic E-state index is 0.0300. The summed E-state index contributed by atoms with van der Waals surface area (Å²) in [6.45, 7) is 10.5. The summed E-state index contributed by atoms with van der Waals surface area (Å²) >= 11 is 0. The third-order valence-corrected chi connectivity index (χ3v) is 3.94. The molecule has 2 nitrogen and oxygen atoms in total. The van der Waals surface area contributed by atoms with E-state index < -0.39 is 0 Å². The Hall–Kier alpha value is -0.860. The van der Waals surface area contributed by atoms with Gasteiger partial charge in [-0.15, -0.1) is 0 Å². The van der Waals surface area contributed by atoms with E-state index in [0.29, 0.717) is 5.92 Å². The van der Waals surface area contributed by atoms with E-state index in [9.17, 15) is 0 Å². The molecule has 0 aliphatic heterocycles. The minimum atomic E-state index is -0.0300. The molecule has 0 aromatic heterocycles.